The molecule has 29 heavy (non-hydrogen) atoms. The highest BCUT2D eigenvalue weighted by Gasteiger charge is 2.16. The number of hydrogen-bond donors (Lipinski definition) is 2. The van der Waals surface area contributed by atoms with Crippen molar-refractivity contribution in [2.75, 3.05) is 5.32 Å². The van der Waals surface area contributed by atoms with Gasteiger partial charge in [-0.25, -0.2) is 18.1 Å². The van der Waals surface area contributed by atoms with Gasteiger partial charge in [-0.1, -0.05) is 12.1 Å². The van der Waals surface area contributed by atoms with E-state index in [9.17, 15) is 13.2 Å². The monoisotopic (exact) mass is 443 g/mol. The Morgan fingerprint density at radius 1 is 1.10 bits per heavy atom. The molecule has 2 N–H and O–H groups in total. The minimum Gasteiger partial charge on any atom is -0.322 e. The third-order valence-corrected chi connectivity index (χ3v) is 7.39. The summed E-state index contributed by atoms with van der Waals surface area (Å²) in [5, 5.41) is 5.66. The van der Waals surface area contributed by atoms with E-state index in [2.05, 4.69) is 15.0 Å². The molecule has 4 aromatic rings. The van der Waals surface area contributed by atoms with Gasteiger partial charge in [-0.05, 0) is 54.8 Å². The first-order valence-electron chi connectivity index (χ1n) is 8.71. The largest absolute Gasteiger partial charge is 0.322 e. The molecule has 0 aliphatic heterocycles. The van der Waals surface area contributed by atoms with Gasteiger partial charge in [-0.3, -0.25) is 4.79 Å². The second-order valence-corrected chi connectivity index (χ2v) is 10.3. The van der Waals surface area contributed by atoms with Crippen molar-refractivity contribution < 1.29 is 13.2 Å². The Morgan fingerprint density at radius 2 is 1.97 bits per heavy atom. The van der Waals surface area contributed by atoms with Gasteiger partial charge in [-0.15, -0.1) is 22.7 Å². The average Bonchev–Trinajstić information content (AvgIpc) is 3.35. The normalized spacial score (nSPS) is 11.6. The van der Waals surface area contributed by atoms with E-state index in [4.69, 9.17) is 0 Å². The summed E-state index contributed by atoms with van der Waals surface area (Å²) in [7, 11) is -3.72. The number of benzene rings is 2. The van der Waals surface area contributed by atoms with Crippen LogP contribution in [0.15, 0.2) is 64.9 Å². The fourth-order valence-corrected chi connectivity index (χ4v) is 5.44. The maximum absolute atomic E-state index is 12.6. The number of carbonyl (C=O) groups excluding carboxylic acids is 1. The number of anilines is 1. The van der Waals surface area contributed by atoms with Gasteiger partial charge in [0, 0.05) is 22.7 Å². The van der Waals surface area contributed by atoms with Gasteiger partial charge in [0.15, 0.2) is 0 Å². The Kier molecular flexibility index (Phi) is 5.46. The molecule has 2 aromatic heterocycles. The van der Waals surface area contributed by atoms with Gasteiger partial charge < -0.3 is 5.32 Å². The van der Waals surface area contributed by atoms with E-state index in [-0.39, 0.29) is 22.9 Å². The smallest absolute Gasteiger partial charge is 0.255 e. The predicted molar refractivity (Wildman–Crippen MR) is 117 cm³/mol. The zero-order chi connectivity index (χ0) is 20.4. The van der Waals surface area contributed by atoms with E-state index < -0.39 is 10.0 Å². The number of aromatic nitrogens is 1. The zero-order valence-corrected chi connectivity index (χ0v) is 17.8. The SMILES string of the molecule is Cc1nc2ccc(NC(=O)c3cccc(S(=O)(=O)NCc4cccs4)c3)cc2s1. The molecule has 0 atom stereocenters. The summed E-state index contributed by atoms with van der Waals surface area (Å²) in [4.78, 5) is 18.0. The zero-order valence-electron chi connectivity index (χ0n) is 15.4. The predicted octanol–water partition coefficient (Wildman–Crippen LogP) is 4.40. The van der Waals surface area contributed by atoms with E-state index in [0.29, 0.717) is 5.69 Å². The first-order valence-corrected chi connectivity index (χ1v) is 11.9. The maximum atomic E-state index is 12.6. The van der Waals surface area contributed by atoms with E-state index >= 15 is 0 Å². The molecular formula is C20H17N3O3S3. The number of hydrogen-bond acceptors (Lipinski definition) is 6. The number of carbonyl (C=O) groups is 1. The van der Waals surface area contributed by atoms with E-state index in [1.54, 1.807) is 29.5 Å². The lowest BCUT2D eigenvalue weighted by Gasteiger charge is -2.09. The van der Waals surface area contributed by atoms with Crippen LogP contribution in [0.25, 0.3) is 10.2 Å². The molecule has 2 heterocycles. The molecule has 4 rings (SSSR count). The second-order valence-electron chi connectivity index (χ2n) is 6.30. The van der Waals surface area contributed by atoms with Crippen LogP contribution in [0.5, 0.6) is 0 Å². The Hall–Kier alpha value is -2.59. The molecule has 6 nitrogen and oxygen atoms in total. The van der Waals surface area contributed by atoms with Crippen LogP contribution in [-0.2, 0) is 16.6 Å². The van der Waals surface area contributed by atoms with Crippen LogP contribution in [0.4, 0.5) is 5.69 Å². The summed E-state index contributed by atoms with van der Waals surface area (Å²) in [6.45, 7) is 2.14. The first kappa shape index (κ1) is 19.7. The third kappa shape index (κ3) is 4.54. The molecule has 0 radical (unpaired) electrons. The molecule has 0 bridgehead atoms. The minimum atomic E-state index is -3.72. The van der Waals surface area contributed by atoms with Crippen LogP contribution in [0.1, 0.15) is 20.2 Å². The lowest BCUT2D eigenvalue weighted by molar-refractivity contribution is 0.102. The summed E-state index contributed by atoms with van der Waals surface area (Å²) >= 11 is 3.03. The summed E-state index contributed by atoms with van der Waals surface area (Å²) < 4.78 is 28.7. The second kappa shape index (κ2) is 8.03. The van der Waals surface area contributed by atoms with Crippen LogP contribution < -0.4 is 10.0 Å². The molecule has 0 spiro atoms. The number of rotatable bonds is 6. The van der Waals surface area contributed by atoms with E-state index in [1.165, 1.54) is 23.5 Å². The molecule has 9 heteroatoms. The van der Waals surface area contributed by atoms with Gasteiger partial charge in [0.1, 0.15) is 0 Å². The average molecular weight is 444 g/mol. The minimum absolute atomic E-state index is 0.0511. The Labute approximate surface area is 176 Å². The fraction of sp³-hybridized carbons (Fsp3) is 0.100. The molecule has 2 aromatic carbocycles. The number of thiophene rings is 1. The standard InChI is InChI=1S/C20H17N3O3S3/c1-13-22-18-8-7-15(11-19(18)28-13)23-20(24)14-4-2-6-17(10-14)29(25,26)21-12-16-5-3-9-27-16/h2-11,21H,12H2,1H3,(H,23,24). The van der Waals surface area contributed by atoms with E-state index in [0.717, 1.165) is 20.1 Å². The highest BCUT2D eigenvalue weighted by atomic mass is 32.2. The molecule has 0 aliphatic carbocycles. The molecule has 148 valence electrons. The van der Waals surface area contributed by atoms with Crippen LogP contribution >= 0.6 is 22.7 Å². The van der Waals surface area contributed by atoms with Crippen molar-refractivity contribution in [2.45, 2.75) is 18.4 Å². The van der Waals surface area contributed by atoms with Crippen molar-refractivity contribution in [3.8, 4) is 0 Å². The third-order valence-electron chi connectivity index (χ3n) is 4.18. The number of sulfonamides is 1. The molecule has 0 unspecified atom stereocenters. The van der Waals surface area contributed by atoms with Gasteiger partial charge in [0.2, 0.25) is 10.0 Å². The number of nitrogens with zero attached hydrogens (tertiary/aromatic N) is 1. The summed E-state index contributed by atoms with van der Waals surface area (Å²) in [5.41, 5.74) is 1.79. The van der Waals surface area contributed by atoms with Gasteiger partial charge in [0.05, 0.1) is 20.1 Å². The highest BCUT2D eigenvalue weighted by Crippen LogP contribution is 2.25. The number of thiazole rings is 1. The Morgan fingerprint density at radius 3 is 2.76 bits per heavy atom. The highest BCUT2D eigenvalue weighted by molar-refractivity contribution is 7.89. The summed E-state index contributed by atoms with van der Waals surface area (Å²) in [5.74, 6) is -0.374. The number of nitrogens with one attached hydrogen (secondary N) is 2. The van der Waals surface area contributed by atoms with Crippen molar-refractivity contribution in [1.82, 2.24) is 9.71 Å². The molecule has 0 aliphatic rings. The number of amides is 1. The first-order chi connectivity index (χ1) is 13.9. The van der Waals surface area contributed by atoms with Crippen LogP contribution in [-0.4, -0.2) is 19.3 Å². The number of aryl methyl sites for hydroxylation is 1. The maximum Gasteiger partial charge on any atom is 0.255 e. The molecule has 0 saturated carbocycles. The summed E-state index contributed by atoms with van der Waals surface area (Å²) in [6, 6.07) is 15.2. The van der Waals surface area contributed by atoms with E-state index in [1.807, 2.05) is 36.6 Å². The Balaban J connectivity index is 1.51. The van der Waals surface area contributed by atoms with Crippen molar-refractivity contribution >= 4 is 54.5 Å². The topological polar surface area (TPSA) is 88.2 Å². The van der Waals surface area contributed by atoms with Crippen molar-refractivity contribution in [3.05, 3.63) is 75.4 Å². The van der Waals surface area contributed by atoms with Crippen molar-refractivity contribution in [1.29, 1.82) is 0 Å². The molecule has 0 fully saturated rings. The van der Waals surface area contributed by atoms with Gasteiger partial charge in [0.25, 0.3) is 5.91 Å². The Bertz CT molecular complexity index is 1280. The van der Waals surface area contributed by atoms with Crippen LogP contribution in [0.2, 0.25) is 0 Å². The lowest BCUT2D eigenvalue weighted by atomic mass is 10.2. The van der Waals surface area contributed by atoms with Gasteiger partial charge >= 0.3 is 0 Å². The fourth-order valence-electron chi connectivity index (χ4n) is 2.79. The quantitative estimate of drug-likeness (QED) is 0.462. The van der Waals surface area contributed by atoms with Crippen LogP contribution in [0.3, 0.4) is 0 Å². The molecular weight excluding hydrogens is 426 g/mol. The molecule has 1 amide bonds. The van der Waals surface area contributed by atoms with Crippen molar-refractivity contribution in [2.24, 2.45) is 0 Å². The van der Waals surface area contributed by atoms with Crippen molar-refractivity contribution in [3.63, 3.8) is 0 Å². The van der Waals surface area contributed by atoms with Gasteiger partial charge in [-0.2, -0.15) is 0 Å². The number of fused-ring (bicyclic) bond motifs is 1. The summed E-state index contributed by atoms with van der Waals surface area (Å²) in [6.07, 6.45) is 0. The lowest BCUT2D eigenvalue weighted by Crippen LogP contribution is -2.23. The molecule has 0 saturated heterocycles. The van der Waals surface area contributed by atoms with Crippen LogP contribution in [0, 0.1) is 6.92 Å².